The molecule has 0 saturated carbocycles. The molecule has 3 aromatic rings. The van der Waals surface area contributed by atoms with Crippen molar-refractivity contribution in [1.29, 1.82) is 0 Å². The molecule has 0 bridgehead atoms. The molecule has 1 aromatic heterocycles. The molecular weight excluding hydrogens is 489 g/mol. The molecular formula is C27H26ClF3N4O. The van der Waals surface area contributed by atoms with Gasteiger partial charge in [0.2, 0.25) is 0 Å². The molecule has 0 aliphatic rings. The maximum atomic E-state index is 12.9. The van der Waals surface area contributed by atoms with E-state index in [4.69, 9.17) is 16.6 Å². The molecule has 1 N–H and O–H groups in total. The Kier molecular flexibility index (Phi) is 8.20. The third kappa shape index (κ3) is 6.31. The summed E-state index contributed by atoms with van der Waals surface area (Å²) in [5.41, 5.74) is 3.38. The van der Waals surface area contributed by atoms with E-state index in [2.05, 4.69) is 10.3 Å². The van der Waals surface area contributed by atoms with E-state index in [1.807, 2.05) is 63.2 Å². The standard InChI is InChI=1S/C27H26ClF3N4O/c1-6-13-35(5)20-9-7-16(2)24(15-20)32-18(4)22-14-19(8-11-23(22)28)34-26(36)21-10-12-25(27(29,30)31)33-17(21)3/h6-15H,1-5H3,(H,34,36)/b13-6-,32-18?. The number of benzene rings is 2. The fourth-order valence-electron chi connectivity index (χ4n) is 3.53. The number of halogens is 4. The second-order valence-corrected chi connectivity index (χ2v) is 8.64. The number of aromatic nitrogens is 1. The zero-order valence-electron chi connectivity index (χ0n) is 20.5. The molecule has 188 valence electrons. The van der Waals surface area contributed by atoms with E-state index in [0.717, 1.165) is 29.1 Å². The summed E-state index contributed by atoms with van der Waals surface area (Å²) in [4.78, 5) is 23.0. The average Bonchev–Trinajstić information content (AvgIpc) is 2.81. The molecule has 2 aromatic carbocycles. The topological polar surface area (TPSA) is 57.6 Å². The van der Waals surface area contributed by atoms with Gasteiger partial charge in [-0.3, -0.25) is 9.79 Å². The quantitative estimate of drug-likeness (QED) is 0.342. The van der Waals surface area contributed by atoms with Crippen LogP contribution in [0.3, 0.4) is 0 Å². The molecule has 36 heavy (non-hydrogen) atoms. The Hall–Kier alpha value is -3.65. The van der Waals surface area contributed by atoms with Gasteiger partial charge in [0.1, 0.15) is 5.69 Å². The first-order valence-corrected chi connectivity index (χ1v) is 11.5. The SMILES string of the molecule is C/C=C\N(C)c1ccc(C)c(N=C(C)c2cc(NC(=O)c3ccc(C(F)(F)F)nc3C)ccc2Cl)c1. The van der Waals surface area contributed by atoms with E-state index < -0.39 is 17.8 Å². The van der Waals surface area contributed by atoms with E-state index in [0.29, 0.717) is 22.0 Å². The Morgan fingerprint density at radius 1 is 1.08 bits per heavy atom. The number of carbonyl (C=O) groups excluding carboxylic acids is 1. The van der Waals surface area contributed by atoms with Gasteiger partial charge < -0.3 is 10.2 Å². The number of aryl methyl sites for hydroxylation is 2. The van der Waals surface area contributed by atoms with Gasteiger partial charge in [-0.05, 0) is 81.9 Å². The summed E-state index contributed by atoms with van der Waals surface area (Å²) in [6.07, 6.45) is -0.695. The molecule has 0 aliphatic carbocycles. The molecule has 0 saturated heterocycles. The van der Waals surface area contributed by atoms with Crippen molar-refractivity contribution in [3.63, 3.8) is 0 Å². The van der Waals surface area contributed by atoms with E-state index in [1.165, 1.54) is 6.92 Å². The first-order valence-electron chi connectivity index (χ1n) is 11.1. The maximum absolute atomic E-state index is 12.9. The lowest BCUT2D eigenvalue weighted by atomic mass is 10.1. The molecule has 0 atom stereocenters. The number of aliphatic imine (C=N–C) groups is 1. The third-order valence-electron chi connectivity index (χ3n) is 5.50. The van der Waals surface area contributed by atoms with Crippen molar-refractivity contribution < 1.29 is 18.0 Å². The van der Waals surface area contributed by atoms with Gasteiger partial charge in [-0.1, -0.05) is 23.7 Å². The summed E-state index contributed by atoms with van der Waals surface area (Å²) >= 11 is 6.43. The van der Waals surface area contributed by atoms with Crippen LogP contribution in [0.15, 0.2) is 65.8 Å². The van der Waals surface area contributed by atoms with Gasteiger partial charge in [-0.15, -0.1) is 0 Å². The second-order valence-electron chi connectivity index (χ2n) is 8.24. The molecule has 1 heterocycles. The van der Waals surface area contributed by atoms with Crippen molar-refractivity contribution in [2.45, 2.75) is 33.9 Å². The smallest absolute Gasteiger partial charge is 0.351 e. The van der Waals surface area contributed by atoms with Crippen LogP contribution >= 0.6 is 11.6 Å². The number of rotatable bonds is 6. The summed E-state index contributed by atoms with van der Waals surface area (Å²) in [6, 6.07) is 12.8. The lowest BCUT2D eigenvalue weighted by Crippen LogP contribution is -2.17. The number of carbonyl (C=O) groups is 1. The highest BCUT2D eigenvalue weighted by atomic mass is 35.5. The van der Waals surface area contributed by atoms with Gasteiger partial charge >= 0.3 is 6.18 Å². The minimum atomic E-state index is -4.58. The minimum Gasteiger partial charge on any atom is -0.351 e. The number of nitrogens with one attached hydrogen (secondary N) is 1. The van der Waals surface area contributed by atoms with Gasteiger partial charge in [-0.25, -0.2) is 4.98 Å². The number of hydrogen-bond acceptors (Lipinski definition) is 4. The number of alkyl halides is 3. The highest BCUT2D eigenvalue weighted by molar-refractivity contribution is 6.34. The lowest BCUT2D eigenvalue weighted by Gasteiger charge is -2.16. The number of hydrogen-bond donors (Lipinski definition) is 1. The van der Waals surface area contributed by atoms with Gasteiger partial charge in [0.25, 0.3) is 5.91 Å². The zero-order chi connectivity index (χ0) is 26.6. The number of allylic oxidation sites excluding steroid dienone is 1. The van der Waals surface area contributed by atoms with Gasteiger partial charge in [0.15, 0.2) is 0 Å². The van der Waals surface area contributed by atoms with Crippen molar-refractivity contribution >= 4 is 40.3 Å². The van der Waals surface area contributed by atoms with Crippen molar-refractivity contribution in [2.24, 2.45) is 4.99 Å². The van der Waals surface area contributed by atoms with Gasteiger partial charge in [-0.2, -0.15) is 13.2 Å². The normalized spacial score (nSPS) is 12.2. The second kappa shape index (κ2) is 11.0. The summed E-state index contributed by atoms with van der Waals surface area (Å²) in [5.74, 6) is -0.577. The largest absolute Gasteiger partial charge is 0.433 e. The highest BCUT2D eigenvalue weighted by Crippen LogP contribution is 2.30. The van der Waals surface area contributed by atoms with Gasteiger partial charge in [0, 0.05) is 34.7 Å². The third-order valence-corrected chi connectivity index (χ3v) is 5.83. The van der Waals surface area contributed by atoms with Crippen LogP contribution in [0.5, 0.6) is 0 Å². The summed E-state index contributed by atoms with van der Waals surface area (Å²) in [6.45, 7) is 7.08. The van der Waals surface area contributed by atoms with Crippen LogP contribution in [0, 0.1) is 13.8 Å². The molecule has 0 aliphatic heterocycles. The Labute approximate surface area is 213 Å². The molecule has 9 heteroatoms. The predicted octanol–water partition coefficient (Wildman–Crippen LogP) is 7.73. The van der Waals surface area contributed by atoms with Crippen LogP contribution in [0.1, 0.15) is 46.7 Å². The fraction of sp³-hybridized carbons (Fsp3) is 0.222. The lowest BCUT2D eigenvalue weighted by molar-refractivity contribution is -0.141. The van der Waals surface area contributed by atoms with Crippen LogP contribution in [0.2, 0.25) is 5.02 Å². The van der Waals surface area contributed by atoms with E-state index in [9.17, 15) is 18.0 Å². The number of anilines is 2. The Morgan fingerprint density at radius 2 is 1.81 bits per heavy atom. The summed E-state index contributed by atoms with van der Waals surface area (Å²) < 4.78 is 38.7. The molecule has 0 fully saturated rings. The Morgan fingerprint density at radius 3 is 2.44 bits per heavy atom. The minimum absolute atomic E-state index is 0.0208. The van der Waals surface area contributed by atoms with E-state index in [-0.39, 0.29) is 11.3 Å². The maximum Gasteiger partial charge on any atom is 0.433 e. The first-order chi connectivity index (χ1) is 16.9. The Bertz CT molecular complexity index is 1350. The fourth-order valence-corrected chi connectivity index (χ4v) is 3.78. The van der Waals surface area contributed by atoms with Crippen LogP contribution in [-0.2, 0) is 6.18 Å². The molecule has 1 amide bonds. The summed E-state index contributed by atoms with van der Waals surface area (Å²) in [5, 5.41) is 3.15. The van der Waals surface area contributed by atoms with Crippen molar-refractivity contribution in [3.8, 4) is 0 Å². The van der Waals surface area contributed by atoms with Crippen LogP contribution in [-0.4, -0.2) is 23.7 Å². The number of pyridine rings is 1. The number of amides is 1. The van der Waals surface area contributed by atoms with E-state index >= 15 is 0 Å². The highest BCUT2D eigenvalue weighted by Gasteiger charge is 2.33. The molecule has 3 rings (SSSR count). The van der Waals surface area contributed by atoms with Gasteiger partial charge in [0.05, 0.1) is 16.9 Å². The zero-order valence-corrected chi connectivity index (χ0v) is 21.3. The molecule has 5 nitrogen and oxygen atoms in total. The van der Waals surface area contributed by atoms with Crippen LogP contribution in [0.25, 0.3) is 0 Å². The number of nitrogens with zero attached hydrogens (tertiary/aromatic N) is 3. The Balaban J connectivity index is 1.89. The predicted molar refractivity (Wildman–Crippen MR) is 140 cm³/mol. The van der Waals surface area contributed by atoms with Crippen molar-refractivity contribution in [3.05, 3.63) is 93.9 Å². The first kappa shape index (κ1) is 26.9. The van der Waals surface area contributed by atoms with E-state index in [1.54, 1.807) is 18.2 Å². The average molecular weight is 515 g/mol. The molecule has 0 spiro atoms. The van der Waals surface area contributed by atoms with Crippen molar-refractivity contribution in [1.82, 2.24) is 4.98 Å². The monoisotopic (exact) mass is 514 g/mol. The molecule has 0 unspecified atom stereocenters. The van der Waals surface area contributed by atoms with Crippen molar-refractivity contribution in [2.75, 3.05) is 17.3 Å². The molecule has 0 radical (unpaired) electrons. The van der Waals surface area contributed by atoms with Crippen LogP contribution < -0.4 is 10.2 Å². The van der Waals surface area contributed by atoms with Crippen LogP contribution in [0.4, 0.5) is 30.2 Å². The summed E-state index contributed by atoms with van der Waals surface area (Å²) in [7, 11) is 1.95.